The lowest BCUT2D eigenvalue weighted by molar-refractivity contribution is -0.245. The molecule has 1 aliphatic rings. The van der Waals surface area contributed by atoms with Gasteiger partial charge in [0.1, 0.15) is 0 Å². The van der Waals surface area contributed by atoms with Crippen molar-refractivity contribution in [1.82, 2.24) is 15.3 Å². The number of carbonyl (C=O) groups is 1. The molecule has 1 aromatic heterocycles. The normalized spacial score (nSPS) is 19.1. The molecule has 1 saturated heterocycles. The van der Waals surface area contributed by atoms with E-state index >= 15 is 0 Å². The van der Waals surface area contributed by atoms with Crippen LogP contribution in [-0.4, -0.2) is 32.8 Å². The highest BCUT2D eigenvalue weighted by atomic mass is 32.2. The molecule has 0 bridgehead atoms. The SMILES string of the molecule is O=C(NCc1ccc(C2OC(CSc3ncccn3)CC(c3ccc(CO)cc3)O2)cc1)c1ccccc1. The highest BCUT2D eigenvalue weighted by Crippen LogP contribution is 2.39. The molecule has 3 unspecified atom stereocenters. The minimum absolute atomic E-state index is 0.00598. The van der Waals surface area contributed by atoms with Crippen LogP contribution in [0, 0.1) is 0 Å². The number of nitrogens with one attached hydrogen (secondary N) is 1. The molecule has 194 valence electrons. The average molecular weight is 528 g/mol. The van der Waals surface area contributed by atoms with E-state index in [4.69, 9.17) is 9.47 Å². The van der Waals surface area contributed by atoms with Crippen molar-refractivity contribution in [3.63, 3.8) is 0 Å². The number of ether oxygens (including phenoxy) is 2. The van der Waals surface area contributed by atoms with Gasteiger partial charge in [0, 0.05) is 42.2 Å². The predicted octanol–water partition coefficient (Wildman–Crippen LogP) is 5.24. The van der Waals surface area contributed by atoms with E-state index in [1.807, 2.05) is 66.7 Å². The van der Waals surface area contributed by atoms with Gasteiger partial charge in [-0.1, -0.05) is 78.5 Å². The van der Waals surface area contributed by atoms with Crippen LogP contribution < -0.4 is 5.32 Å². The minimum Gasteiger partial charge on any atom is -0.392 e. The maximum Gasteiger partial charge on any atom is 0.251 e. The standard InChI is InChI=1S/C30H29N3O4S/c34-19-22-9-11-23(12-10-22)27-17-26(20-38-30-31-15-4-16-32-30)36-29(37-27)25-13-7-21(8-14-25)18-33-28(35)24-5-2-1-3-6-24/h1-16,26-27,29,34H,17-20H2,(H,33,35). The van der Waals surface area contributed by atoms with Gasteiger partial charge in [-0.3, -0.25) is 4.79 Å². The molecule has 3 atom stereocenters. The number of hydrogen-bond acceptors (Lipinski definition) is 7. The maximum atomic E-state index is 12.4. The second-order valence-electron chi connectivity index (χ2n) is 8.98. The third-order valence-electron chi connectivity index (χ3n) is 6.30. The second-order valence-corrected chi connectivity index (χ2v) is 9.97. The average Bonchev–Trinajstić information content (AvgIpc) is 3.00. The van der Waals surface area contributed by atoms with Crippen LogP contribution in [0.5, 0.6) is 0 Å². The van der Waals surface area contributed by atoms with E-state index in [2.05, 4.69) is 15.3 Å². The number of aliphatic hydroxyl groups is 1. The van der Waals surface area contributed by atoms with E-state index in [1.54, 1.807) is 42.4 Å². The first kappa shape index (κ1) is 26.1. The topological polar surface area (TPSA) is 93.6 Å². The molecule has 5 rings (SSSR count). The van der Waals surface area contributed by atoms with Crippen molar-refractivity contribution in [2.24, 2.45) is 0 Å². The molecule has 0 spiro atoms. The second kappa shape index (κ2) is 12.8. The number of aliphatic hydroxyl groups excluding tert-OH is 1. The molecule has 1 aliphatic heterocycles. The Kier molecular flexibility index (Phi) is 8.78. The van der Waals surface area contributed by atoms with Crippen molar-refractivity contribution in [1.29, 1.82) is 0 Å². The highest BCUT2D eigenvalue weighted by molar-refractivity contribution is 7.99. The third-order valence-corrected chi connectivity index (χ3v) is 7.30. The Balaban J connectivity index is 1.27. The summed E-state index contributed by atoms with van der Waals surface area (Å²) < 4.78 is 12.8. The van der Waals surface area contributed by atoms with E-state index < -0.39 is 6.29 Å². The van der Waals surface area contributed by atoms with Gasteiger partial charge in [-0.05, 0) is 34.9 Å². The van der Waals surface area contributed by atoms with Gasteiger partial charge in [0.15, 0.2) is 11.4 Å². The molecule has 8 heteroatoms. The van der Waals surface area contributed by atoms with Crippen LogP contribution in [0.2, 0.25) is 0 Å². The lowest BCUT2D eigenvalue weighted by Gasteiger charge is -2.36. The van der Waals surface area contributed by atoms with Crippen LogP contribution in [-0.2, 0) is 22.6 Å². The molecule has 2 N–H and O–H groups in total. The van der Waals surface area contributed by atoms with Gasteiger partial charge in [0.25, 0.3) is 5.91 Å². The molecule has 0 saturated carbocycles. The lowest BCUT2D eigenvalue weighted by atomic mass is 10.0. The Hall–Kier alpha value is -3.56. The van der Waals surface area contributed by atoms with Gasteiger partial charge < -0.3 is 19.9 Å². The van der Waals surface area contributed by atoms with Crippen LogP contribution in [0.25, 0.3) is 0 Å². The van der Waals surface area contributed by atoms with Gasteiger partial charge in [-0.15, -0.1) is 0 Å². The summed E-state index contributed by atoms with van der Waals surface area (Å²) in [6.07, 6.45) is 3.39. The van der Waals surface area contributed by atoms with Gasteiger partial charge in [0.05, 0.1) is 18.8 Å². The van der Waals surface area contributed by atoms with E-state index in [0.717, 1.165) is 22.3 Å². The molecule has 0 radical (unpaired) electrons. The van der Waals surface area contributed by atoms with E-state index in [1.165, 1.54) is 0 Å². The van der Waals surface area contributed by atoms with Gasteiger partial charge in [-0.25, -0.2) is 9.97 Å². The Morgan fingerprint density at radius 3 is 2.26 bits per heavy atom. The molecule has 0 aliphatic carbocycles. The minimum atomic E-state index is -0.540. The van der Waals surface area contributed by atoms with Crippen LogP contribution >= 0.6 is 11.8 Å². The number of hydrogen-bond donors (Lipinski definition) is 2. The number of benzene rings is 3. The summed E-state index contributed by atoms with van der Waals surface area (Å²) in [4.78, 5) is 21.0. The van der Waals surface area contributed by atoms with E-state index in [9.17, 15) is 9.90 Å². The van der Waals surface area contributed by atoms with Crippen LogP contribution in [0.1, 0.15) is 51.4 Å². The zero-order valence-corrected chi connectivity index (χ0v) is 21.6. The van der Waals surface area contributed by atoms with Gasteiger partial charge in [-0.2, -0.15) is 0 Å². The van der Waals surface area contributed by atoms with Gasteiger partial charge >= 0.3 is 0 Å². The number of aromatic nitrogens is 2. The van der Waals surface area contributed by atoms with E-state index in [0.29, 0.717) is 29.4 Å². The first-order chi connectivity index (χ1) is 18.7. The fraction of sp³-hybridized carbons (Fsp3) is 0.233. The largest absolute Gasteiger partial charge is 0.392 e. The number of nitrogens with zero attached hydrogens (tertiary/aromatic N) is 2. The predicted molar refractivity (Wildman–Crippen MR) is 145 cm³/mol. The monoisotopic (exact) mass is 527 g/mol. The van der Waals surface area contributed by atoms with Crippen molar-refractivity contribution in [2.45, 2.75) is 43.2 Å². The van der Waals surface area contributed by atoms with Crippen molar-refractivity contribution in [3.05, 3.63) is 125 Å². The number of rotatable bonds is 9. The molecule has 3 aromatic carbocycles. The number of thioether (sulfide) groups is 1. The van der Waals surface area contributed by atoms with Crippen molar-refractivity contribution < 1.29 is 19.4 Å². The van der Waals surface area contributed by atoms with E-state index in [-0.39, 0.29) is 24.7 Å². The zero-order valence-electron chi connectivity index (χ0n) is 20.8. The first-order valence-corrected chi connectivity index (χ1v) is 13.5. The van der Waals surface area contributed by atoms with Crippen LogP contribution in [0.4, 0.5) is 0 Å². The summed E-state index contributed by atoms with van der Waals surface area (Å²) in [6, 6.07) is 26.7. The molecule has 7 nitrogen and oxygen atoms in total. The molecular weight excluding hydrogens is 498 g/mol. The summed E-state index contributed by atoms with van der Waals surface area (Å²) in [5.74, 6) is 0.588. The fourth-order valence-corrected chi connectivity index (χ4v) is 5.04. The summed E-state index contributed by atoms with van der Waals surface area (Å²) in [5, 5.41) is 13.1. The van der Waals surface area contributed by atoms with Crippen LogP contribution in [0.3, 0.4) is 0 Å². The quantitative estimate of drug-likeness (QED) is 0.227. The fourth-order valence-electron chi connectivity index (χ4n) is 4.22. The lowest BCUT2D eigenvalue weighted by Crippen LogP contribution is -2.31. The summed E-state index contributed by atoms with van der Waals surface area (Å²) in [6.45, 7) is 0.433. The number of carbonyl (C=O) groups excluding carboxylic acids is 1. The number of amides is 1. The molecular formula is C30H29N3O4S. The Labute approximate surface area is 226 Å². The molecule has 38 heavy (non-hydrogen) atoms. The summed E-state index contributed by atoms with van der Waals surface area (Å²) >= 11 is 1.56. The molecule has 4 aromatic rings. The van der Waals surface area contributed by atoms with Crippen molar-refractivity contribution >= 4 is 17.7 Å². The van der Waals surface area contributed by atoms with Crippen molar-refractivity contribution in [3.8, 4) is 0 Å². The van der Waals surface area contributed by atoms with Gasteiger partial charge in [0.2, 0.25) is 0 Å². The Morgan fingerprint density at radius 2 is 1.55 bits per heavy atom. The molecule has 1 fully saturated rings. The summed E-state index contributed by atoms with van der Waals surface area (Å²) in [7, 11) is 0. The summed E-state index contributed by atoms with van der Waals surface area (Å²) in [5.41, 5.74) is 4.43. The van der Waals surface area contributed by atoms with Crippen LogP contribution in [0.15, 0.2) is 102 Å². The third kappa shape index (κ3) is 6.85. The Morgan fingerprint density at radius 1 is 0.868 bits per heavy atom. The first-order valence-electron chi connectivity index (χ1n) is 12.5. The highest BCUT2D eigenvalue weighted by Gasteiger charge is 2.32. The zero-order chi connectivity index (χ0) is 26.2. The maximum absolute atomic E-state index is 12.4. The molecule has 2 heterocycles. The smallest absolute Gasteiger partial charge is 0.251 e. The molecule has 1 amide bonds. The van der Waals surface area contributed by atoms with Crippen molar-refractivity contribution in [2.75, 3.05) is 5.75 Å². The Bertz CT molecular complexity index is 1310.